The lowest BCUT2D eigenvalue weighted by Gasteiger charge is -2.24. The number of carbonyl (C=O) groups excluding carboxylic acids is 1. The predicted octanol–water partition coefficient (Wildman–Crippen LogP) is 6.93. The summed E-state index contributed by atoms with van der Waals surface area (Å²) < 4.78 is 87.0. The summed E-state index contributed by atoms with van der Waals surface area (Å²) in [4.78, 5) is 10.8. The summed E-state index contributed by atoms with van der Waals surface area (Å²) in [5.74, 6) is 0.0849. The van der Waals surface area contributed by atoms with Crippen molar-refractivity contribution in [3.05, 3.63) is 72.3 Å². The van der Waals surface area contributed by atoms with Gasteiger partial charge in [-0.3, -0.25) is 0 Å². The molecule has 0 heterocycles. The van der Waals surface area contributed by atoms with Gasteiger partial charge >= 0.3 is 13.2 Å². The van der Waals surface area contributed by atoms with Crippen LogP contribution < -0.4 is 18.9 Å². The third-order valence-electron chi connectivity index (χ3n) is 5.32. The molecule has 0 spiro atoms. The lowest BCUT2D eigenvalue weighted by molar-refractivity contribution is -0.108. The highest BCUT2D eigenvalue weighted by atomic mass is 32.2. The van der Waals surface area contributed by atoms with Crippen molar-refractivity contribution < 1.29 is 40.2 Å². The zero-order valence-corrected chi connectivity index (χ0v) is 26.2. The lowest BCUT2D eigenvalue weighted by atomic mass is 10.0. The van der Waals surface area contributed by atoms with E-state index in [0.29, 0.717) is 18.3 Å². The standard InChI is InChI=1S/C15H21F2NO2S.C14H19F2NO3S/c1-5-7-13(18-21(19)15(2,3)4)11-8-6-9-12(10-11)20-14(16)17;1-14(2,3)21(19)17-12(7-8-18)10-5-4-6-11(9-10)20-13(15)16/h5-6,8-10,13-14,18H,1,7H2,2-4H3;4-6,8-9,12-13,17H,7H2,1-3H3/t13-,21?;12-,21?/m00/s1. The van der Waals surface area contributed by atoms with Gasteiger partial charge in [0.15, 0.2) is 0 Å². The number of aldehydes is 1. The Morgan fingerprint density at radius 3 is 1.45 bits per heavy atom. The van der Waals surface area contributed by atoms with Crippen LogP contribution in [0.15, 0.2) is 61.2 Å². The van der Waals surface area contributed by atoms with Gasteiger partial charge in [-0.25, -0.2) is 17.9 Å². The number of alkyl halides is 4. The maximum absolute atomic E-state index is 12.3. The van der Waals surface area contributed by atoms with E-state index in [-0.39, 0.29) is 24.0 Å². The Bertz CT molecular complexity index is 1100. The molecule has 2 aromatic rings. The molecular weight excluding hydrogens is 596 g/mol. The van der Waals surface area contributed by atoms with Crippen molar-refractivity contribution in [3.63, 3.8) is 0 Å². The van der Waals surface area contributed by atoms with E-state index in [1.807, 2.05) is 20.8 Å². The molecule has 0 aliphatic rings. The topological polar surface area (TPSA) is 93.7 Å². The van der Waals surface area contributed by atoms with Gasteiger partial charge in [0.25, 0.3) is 0 Å². The Morgan fingerprint density at radius 1 is 0.762 bits per heavy atom. The minimum absolute atomic E-state index is 0.00161. The molecule has 2 rings (SSSR count). The van der Waals surface area contributed by atoms with Gasteiger partial charge in [-0.05, 0) is 83.4 Å². The molecule has 13 heteroatoms. The molecule has 7 nitrogen and oxygen atoms in total. The third-order valence-corrected chi connectivity index (χ3v) is 8.54. The summed E-state index contributed by atoms with van der Waals surface area (Å²) in [6.45, 7) is 8.86. The summed E-state index contributed by atoms with van der Waals surface area (Å²) in [5, 5.41) is 0. The molecule has 0 aromatic heterocycles. The summed E-state index contributed by atoms with van der Waals surface area (Å²) in [5.41, 5.74) is 1.29. The largest absolute Gasteiger partial charge is 0.435 e. The molecule has 2 unspecified atom stereocenters. The van der Waals surface area contributed by atoms with Crippen LogP contribution in [-0.4, -0.2) is 37.4 Å². The first-order valence-corrected chi connectivity index (χ1v) is 15.3. The number of hydrogen-bond acceptors (Lipinski definition) is 5. The van der Waals surface area contributed by atoms with Crippen molar-refractivity contribution in [2.45, 2.75) is 89.2 Å². The van der Waals surface area contributed by atoms with Crippen molar-refractivity contribution in [1.29, 1.82) is 0 Å². The zero-order chi connectivity index (χ0) is 32.1. The predicted molar refractivity (Wildman–Crippen MR) is 159 cm³/mol. The van der Waals surface area contributed by atoms with Crippen molar-refractivity contribution in [2.75, 3.05) is 0 Å². The maximum atomic E-state index is 12.3. The third kappa shape index (κ3) is 14.0. The van der Waals surface area contributed by atoms with E-state index in [2.05, 4.69) is 25.5 Å². The highest BCUT2D eigenvalue weighted by molar-refractivity contribution is 7.84. The number of rotatable bonds is 14. The van der Waals surface area contributed by atoms with Crippen LogP contribution in [0.5, 0.6) is 11.5 Å². The van der Waals surface area contributed by atoms with E-state index < -0.39 is 50.7 Å². The second-order valence-corrected chi connectivity index (χ2v) is 14.9. The number of halogens is 4. The average molecular weight is 637 g/mol. The Morgan fingerprint density at radius 2 is 1.14 bits per heavy atom. The molecule has 42 heavy (non-hydrogen) atoms. The molecule has 0 aliphatic heterocycles. The van der Waals surface area contributed by atoms with Gasteiger partial charge in [0, 0.05) is 12.5 Å². The van der Waals surface area contributed by atoms with Crippen molar-refractivity contribution in [3.8, 4) is 11.5 Å². The van der Waals surface area contributed by atoms with Crippen LogP contribution in [0.25, 0.3) is 0 Å². The second-order valence-electron chi connectivity index (χ2n) is 10.9. The highest BCUT2D eigenvalue weighted by Crippen LogP contribution is 2.26. The molecule has 236 valence electrons. The van der Waals surface area contributed by atoms with Crippen LogP contribution in [0, 0.1) is 0 Å². The first-order valence-electron chi connectivity index (χ1n) is 13.0. The monoisotopic (exact) mass is 636 g/mol. The van der Waals surface area contributed by atoms with Gasteiger partial charge in [0.05, 0.1) is 37.5 Å². The van der Waals surface area contributed by atoms with Gasteiger partial charge in [0.1, 0.15) is 17.8 Å². The fourth-order valence-electron chi connectivity index (χ4n) is 3.19. The number of hydrogen-bond donors (Lipinski definition) is 2. The number of carbonyl (C=O) groups is 1. The van der Waals surface area contributed by atoms with E-state index >= 15 is 0 Å². The lowest BCUT2D eigenvalue weighted by Crippen LogP contribution is -2.36. The smallest absolute Gasteiger partial charge is 0.387 e. The van der Waals surface area contributed by atoms with E-state index in [1.165, 1.54) is 24.3 Å². The minimum atomic E-state index is -2.92. The minimum Gasteiger partial charge on any atom is -0.435 e. The molecule has 0 amide bonds. The van der Waals surface area contributed by atoms with Gasteiger partial charge < -0.3 is 14.3 Å². The molecule has 0 aliphatic carbocycles. The van der Waals surface area contributed by atoms with Crippen LogP contribution >= 0.6 is 0 Å². The molecule has 2 N–H and O–H groups in total. The SMILES string of the molecule is C=CC[C@H](NS(=O)C(C)(C)C)c1cccc(OC(F)F)c1.CC(C)(C)S(=O)N[C@@H](CC=O)c1cccc(OC(F)F)c1. The molecule has 2 aromatic carbocycles. The first-order chi connectivity index (χ1) is 19.5. The normalized spacial score (nSPS) is 14.8. The van der Waals surface area contributed by atoms with Gasteiger partial charge in [-0.1, -0.05) is 30.3 Å². The fraction of sp³-hybridized carbons (Fsp3) is 0.483. The second kappa shape index (κ2) is 17.5. The Hall–Kier alpha value is -2.61. The molecule has 0 bridgehead atoms. The molecule has 0 fully saturated rings. The molecule has 0 saturated carbocycles. The van der Waals surface area contributed by atoms with Gasteiger partial charge in [-0.15, -0.1) is 6.58 Å². The van der Waals surface area contributed by atoms with E-state index in [1.54, 1.807) is 51.1 Å². The summed E-state index contributed by atoms with van der Waals surface area (Å²) in [7, 11) is -2.66. The van der Waals surface area contributed by atoms with Gasteiger partial charge in [-0.2, -0.15) is 17.6 Å². The number of benzene rings is 2. The van der Waals surface area contributed by atoms with Crippen molar-refractivity contribution >= 4 is 28.3 Å². The van der Waals surface area contributed by atoms with Gasteiger partial charge in [0.2, 0.25) is 0 Å². The zero-order valence-electron chi connectivity index (χ0n) is 24.6. The van der Waals surface area contributed by atoms with Crippen LogP contribution in [0.2, 0.25) is 0 Å². The molecule has 4 atom stereocenters. The van der Waals surface area contributed by atoms with Crippen LogP contribution in [0.4, 0.5) is 17.6 Å². The molecular formula is C29H40F4N2O5S2. The van der Waals surface area contributed by atoms with E-state index in [9.17, 15) is 30.8 Å². The Labute approximate surface area is 250 Å². The number of nitrogens with one attached hydrogen (secondary N) is 2. The van der Waals surface area contributed by atoms with E-state index in [4.69, 9.17) is 0 Å². The van der Waals surface area contributed by atoms with Crippen LogP contribution in [0.1, 0.15) is 77.6 Å². The number of ether oxygens (including phenoxy) is 2. The van der Waals surface area contributed by atoms with Crippen LogP contribution in [-0.2, 0) is 26.8 Å². The average Bonchev–Trinajstić information content (AvgIpc) is 2.87. The Balaban J connectivity index is 0.000000420. The quantitative estimate of drug-likeness (QED) is 0.133. The molecule has 0 saturated heterocycles. The summed E-state index contributed by atoms with van der Waals surface area (Å²) in [6.07, 6.45) is 3.00. The fourth-order valence-corrected chi connectivity index (χ4v) is 4.88. The Kier molecular flexibility index (Phi) is 15.6. The highest BCUT2D eigenvalue weighted by Gasteiger charge is 2.25. The van der Waals surface area contributed by atoms with Crippen molar-refractivity contribution in [2.24, 2.45) is 0 Å². The van der Waals surface area contributed by atoms with Crippen LogP contribution in [0.3, 0.4) is 0 Å². The van der Waals surface area contributed by atoms with Crippen molar-refractivity contribution in [1.82, 2.24) is 9.44 Å². The summed E-state index contributed by atoms with van der Waals surface area (Å²) >= 11 is 0. The summed E-state index contributed by atoms with van der Waals surface area (Å²) in [6, 6.07) is 11.6. The maximum Gasteiger partial charge on any atom is 0.387 e. The van der Waals surface area contributed by atoms with E-state index in [0.717, 1.165) is 5.56 Å². The molecule has 0 radical (unpaired) electrons. The first kappa shape index (κ1) is 37.4.